The van der Waals surface area contributed by atoms with Crippen molar-refractivity contribution < 1.29 is 13.9 Å². The smallest absolute Gasteiger partial charge is 0.193 e. The number of fused-ring (bicyclic) bond motifs is 1. The summed E-state index contributed by atoms with van der Waals surface area (Å²) in [7, 11) is -1.08. The van der Waals surface area contributed by atoms with Crippen LogP contribution in [0.15, 0.2) is 4.90 Å². The van der Waals surface area contributed by atoms with Crippen molar-refractivity contribution in [2.24, 2.45) is 0 Å². The number of halogens is 1. The number of ether oxygens (including phenoxy) is 2. The Morgan fingerprint density at radius 3 is 2.32 bits per heavy atom. The van der Waals surface area contributed by atoms with E-state index in [1.54, 1.807) is 11.3 Å². The minimum absolute atomic E-state index is 0.0216. The second-order valence-electron chi connectivity index (χ2n) is 5.37. The average molecular weight is 320 g/mol. The molecule has 0 saturated carbocycles. The molecular formula is C13H17FO2S3. The van der Waals surface area contributed by atoms with E-state index in [9.17, 15) is 4.39 Å². The van der Waals surface area contributed by atoms with Gasteiger partial charge in [0.2, 0.25) is 0 Å². The third kappa shape index (κ3) is 2.23. The van der Waals surface area contributed by atoms with Crippen LogP contribution in [-0.2, 0) is 9.47 Å². The molecule has 1 aliphatic rings. The molecule has 1 aliphatic heterocycles. The number of hydrogen-bond acceptors (Lipinski definition) is 4. The molecule has 2 aromatic heterocycles. The topological polar surface area (TPSA) is 18.5 Å². The molecule has 2 nitrogen and oxygen atoms in total. The fourth-order valence-corrected chi connectivity index (χ4v) is 7.57. The predicted molar refractivity (Wildman–Crippen MR) is 82.7 cm³/mol. The van der Waals surface area contributed by atoms with E-state index in [0.29, 0.717) is 13.2 Å². The van der Waals surface area contributed by atoms with E-state index in [4.69, 9.17) is 9.47 Å². The van der Waals surface area contributed by atoms with Crippen LogP contribution in [0.3, 0.4) is 0 Å². The van der Waals surface area contributed by atoms with Crippen LogP contribution >= 0.6 is 32.7 Å². The molecule has 0 unspecified atom stereocenters. The molecule has 0 amide bonds. The number of aryl methyl sites for hydroxylation is 1. The van der Waals surface area contributed by atoms with Crippen LogP contribution in [0.4, 0.5) is 4.39 Å². The standard InChI is InChI=1S/C13H17FO2S3/c1-7-8-10(11(12(14)18-8)19(2,3)4)17-9(7)13-15-5-6-16-13/h13H,5-6H2,1-4H3. The van der Waals surface area contributed by atoms with Gasteiger partial charge in [-0.15, -0.1) is 22.7 Å². The van der Waals surface area contributed by atoms with Crippen LogP contribution in [0, 0.1) is 12.1 Å². The van der Waals surface area contributed by atoms with Gasteiger partial charge in [0.1, 0.15) is 0 Å². The molecule has 0 spiro atoms. The summed E-state index contributed by atoms with van der Waals surface area (Å²) in [5.74, 6) is 0. The second kappa shape index (κ2) is 4.70. The highest BCUT2D eigenvalue weighted by molar-refractivity contribution is 8.32. The summed E-state index contributed by atoms with van der Waals surface area (Å²) in [5, 5.41) is -0.0216. The second-order valence-corrected chi connectivity index (χ2v) is 11.5. The van der Waals surface area contributed by atoms with Crippen LogP contribution in [0.1, 0.15) is 16.7 Å². The van der Waals surface area contributed by atoms with Crippen LogP contribution in [0.5, 0.6) is 0 Å². The van der Waals surface area contributed by atoms with Crippen LogP contribution in [0.25, 0.3) is 9.40 Å². The van der Waals surface area contributed by atoms with Gasteiger partial charge in [-0.1, -0.05) is 0 Å². The maximum Gasteiger partial charge on any atom is 0.193 e. The Morgan fingerprint density at radius 2 is 1.74 bits per heavy atom. The molecule has 0 atom stereocenters. The highest BCUT2D eigenvalue weighted by Crippen LogP contribution is 2.56. The van der Waals surface area contributed by atoms with Crippen LogP contribution < -0.4 is 0 Å². The van der Waals surface area contributed by atoms with Crippen molar-refractivity contribution in [3.8, 4) is 0 Å². The fourth-order valence-electron chi connectivity index (χ4n) is 2.27. The van der Waals surface area contributed by atoms with Gasteiger partial charge in [0.15, 0.2) is 11.4 Å². The lowest BCUT2D eigenvalue weighted by Crippen LogP contribution is -1.96. The van der Waals surface area contributed by atoms with E-state index < -0.39 is 10.0 Å². The lowest BCUT2D eigenvalue weighted by molar-refractivity contribution is -0.0416. The molecule has 1 fully saturated rings. The van der Waals surface area contributed by atoms with Crippen LogP contribution in [0.2, 0.25) is 0 Å². The quantitative estimate of drug-likeness (QED) is 0.810. The normalized spacial score (nSPS) is 18.6. The van der Waals surface area contributed by atoms with Gasteiger partial charge < -0.3 is 9.47 Å². The summed E-state index contributed by atoms with van der Waals surface area (Å²) in [6.07, 6.45) is 6.15. The van der Waals surface area contributed by atoms with Gasteiger partial charge in [-0.25, -0.2) is 10.0 Å². The Hall–Kier alpha value is -0.140. The molecule has 106 valence electrons. The van der Waals surface area contributed by atoms with Gasteiger partial charge in [-0.3, -0.25) is 0 Å². The monoisotopic (exact) mass is 320 g/mol. The molecule has 19 heavy (non-hydrogen) atoms. The van der Waals surface area contributed by atoms with E-state index in [-0.39, 0.29) is 11.4 Å². The first-order valence-corrected chi connectivity index (χ1v) is 10.5. The van der Waals surface area contributed by atoms with Crippen molar-refractivity contribution in [1.82, 2.24) is 0 Å². The summed E-state index contributed by atoms with van der Waals surface area (Å²) in [6, 6.07) is 0. The van der Waals surface area contributed by atoms with Gasteiger partial charge in [0.25, 0.3) is 0 Å². The molecule has 0 bridgehead atoms. The SMILES string of the molecule is Cc1c(C2OCCO2)sc2c(S(C)(C)C)c(F)sc12. The minimum atomic E-state index is -1.08. The molecule has 0 aromatic carbocycles. The van der Waals surface area contributed by atoms with Crippen molar-refractivity contribution >= 4 is 42.1 Å². The molecular weight excluding hydrogens is 303 g/mol. The third-order valence-electron chi connectivity index (χ3n) is 3.15. The average Bonchev–Trinajstić information content (AvgIpc) is 2.94. The van der Waals surface area contributed by atoms with Gasteiger partial charge in [0.05, 0.1) is 32.4 Å². The number of thiophene rings is 2. The number of hydrogen-bond donors (Lipinski definition) is 0. The van der Waals surface area contributed by atoms with Crippen molar-refractivity contribution in [3.63, 3.8) is 0 Å². The van der Waals surface area contributed by atoms with Crippen molar-refractivity contribution in [1.29, 1.82) is 0 Å². The maximum atomic E-state index is 14.2. The van der Waals surface area contributed by atoms with Crippen molar-refractivity contribution in [2.45, 2.75) is 18.1 Å². The summed E-state index contributed by atoms with van der Waals surface area (Å²) in [6.45, 7) is 3.32. The zero-order chi connectivity index (χ0) is 13.8. The largest absolute Gasteiger partial charge is 0.345 e. The van der Waals surface area contributed by atoms with E-state index in [0.717, 1.165) is 24.7 Å². The fraction of sp³-hybridized carbons (Fsp3) is 0.538. The zero-order valence-corrected chi connectivity index (χ0v) is 13.9. The van der Waals surface area contributed by atoms with Gasteiger partial charge in [0, 0.05) is 0 Å². The molecule has 6 heteroatoms. The van der Waals surface area contributed by atoms with Gasteiger partial charge in [-0.2, -0.15) is 4.39 Å². The highest BCUT2D eigenvalue weighted by atomic mass is 32.3. The summed E-state index contributed by atoms with van der Waals surface area (Å²) in [5.41, 5.74) is 1.12. The van der Waals surface area contributed by atoms with Crippen molar-refractivity contribution in [3.05, 3.63) is 15.6 Å². The molecule has 2 aromatic rings. The zero-order valence-electron chi connectivity index (χ0n) is 11.4. The maximum absolute atomic E-state index is 14.2. The van der Waals surface area contributed by atoms with Gasteiger partial charge in [-0.05, 0) is 31.3 Å². The van der Waals surface area contributed by atoms with E-state index in [2.05, 4.69) is 18.8 Å². The number of rotatable bonds is 2. The lowest BCUT2D eigenvalue weighted by atomic mass is 10.3. The lowest BCUT2D eigenvalue weighted by Gasteiger charge is -2.24. The summed E-state index contributed by atoms with van der Waals surface area (Å²) >= 11 is 2.90. The Labute approximate surface area is 121 Å². The Bertz CT molecular complexity index is 618. The van der Waals surface area contributed by atoms with E-state index in [1.165, 1.54) is 11.3 Å². The predicted octanol–water partition coefficient (Wildman–Crippen LogP) is 4.51. The first-order chi connectivity index (χ1) is 8.89. The van der Waals surface area contributed by atoms with E-state index >= 15 is 0 Å². The Morgan fingerprint density at radius 1 is 1.11 bits per heavy atom. The third-order valence-corrected chi connectivity index (χ3v) is 7.58. The molecule has 0 N–H and O–H groups in total. The Balaban J connectivity index is 2.19. The minimum Gasteiger partial charge on any atom is -0.345 e. The van der Waals surface area contributed by atoms with Gasteiger partial charge >= 0.3 is 0 Å². The van der Waals surface area contributed by atoms with E-state index in [1.807, 2.05) is 6.92 Å². The first-order valence-electron chi connectivity index (χ1n) is 6.02. The Kier molecular flexibility index (Phi) is 3.42. The van der Waals surface area contributed by atoms with Crippen LogP contribution in [-0.4, -0.2) is 32.0 Å². The summed E-state index contributed by atoms with van der Waals surface area (Å²) < 4.78 is 27.5. The molecule has 1 saturated heterocycles. The molecule has 3 heterocycles. The molecule has 3 rings (SSSR count). The highest BCUT2D eigenvalue weighted by Gasteiger charge is 2.29. The molecule has 0 aliphatic carbocycles. The molecule has 0 radical (unpaired) electrons. The summed E-state index contributed by atoms with van der Waals surface area (Å²) in [4.78, 5) is 2.01. The van der Waals surface area contributed by atoms with Crippen molar-refractivity contribution in [2.75, 3.05) is 32.0 Å². The first kappa shape index (κ1) is 13.8.